The van der Waals surface area contributed by atoms with E-state index in [2.05, 4.69) is 20.1 Å². The normalized spacial score (nSPS) is 20.6. The number of piperidine rings is 2. The Morgan fingerprint density at radius 1 is 1.14 bits per heavy atom. The minimum Gasteiger partial charge on any atom is -0.481 e. The lowest BCUT2D eigenvalue weighted by atomic mass is 9.79. The van der Waals surface area contributed by atoms with Gasteiger partial charge in [0.2, 0.25) is 5.95 Å². The molecule has 10 heteroatoms. The second kappa shape index (κ2) is 12.0. The van der Waals surface area contributed by atoms with Crippen LogP contribution in [0.25, 0.3) is 0 Å². The number of anilines is 2. The van der Waals surface area contributed by atoms with Crippen molar-refractivity contribution in [3.63, 3.8) is 0 Å². The molecule has 4 rings (SSSR count). The highest BCUT2D eigenvalue weighted by atomic mass is 35.5. The lowest BCUT2D eigenvalue weighted by molar-refractivity contribution is -0.137. The van der Waals surface area contributed by atoms with Crippen molar-refractivity contribution in [3.8, 4) is 0 Å². The van der Waals surface area contributed by atoms with Crippen molar-refractivity contribution in [1.82, 2.24) is 14.9 Å². The van der Waals surface area contributed by atoms with Crippen molar-refractivity contribution in [3.05, 3.63) is 45.0 Å². The van der Waals surface area contributed by atoms with Gasteiger partial charge in [-0.25, -0.2) is 4.98 Å². The summed E-state index contributed by atoms with van der Waals surface area (Å²) in [7, 11) is 0. The standard InChI is InChI=1S/C25H32Cl3N5O2/c1-16(20-5-4-19(26)13-21(20)27)30-24-22(28)14-29-25(31-24)33-11-6-17(7-12-33)18-3-2-9-32(15-18)10-8-23(34)35/h4-5,13-14,16-18H,2-3,6-12,15H2,1H3,(H,34,35)(H,29,30,31)/t16-,18?/m1/s1. The number of hydrogen-bond donors (Lipinski definition) is 2. The third-order valence-corrected chi connectivity index (χ3v) is 8.03. The van der Waals surface area contributed by atoms with Gasteiger partial charge in [0, 0.05) is 36.2 Å². The van der Waals surface area contributed by atoms with E-state index in [-0.39, 0.29) is 12.5 Å². The molecule has 2 aliphatic rings. The molecule has 2 N–H and O–H groups in total. The van der Waals surface area contributed by atoms with Crippen LogP contribution in [0.2, 0.25) is 15.1 Å². The maximum atomic E-state index is 10.9. The lowest BCUT2D eigenvalue weighted by Gasteiger charge is -2.40. The summed E-state index contributed by atoms with van der Waals surface area (Å²) in [6.45, 7) is 6.47. The Kier molecular flexibility index (Phi) is 8.97. The highest BCUT2D eigenvalue weighted by Crippen LogP contribution is 2.34. The summed E-state index contributed by atoms with van der Waals surface area (Å²) in [5.74, 6) is 1.82. The minimum atomic E-state index is -0.720. The summed E-state index contributed by atoms with van der Waals surface area (Å²) >= 11 is 18.8. The molecule has 2 aliphatic heterocycles. The molecule has 0 radical (unpaired) electrons. The summed E-state index contributed by atoms with van der Waals surface area (Å²) in [6, 6.07) is 5.33. The highest BCUT2D eigenvalue weighted by molar-refractivity contribution is 6.35. The Balaban J connectivity index is 1.35. The van der Waals surface area contributed by atoms with Crippen LogP contribution in [-0.2, 0) is 4.79 Å². The van der Waals surface area contributed by atoms with Crippen molar-refractivity contribution in [1.29, 1.82) is 0 Å². The molecule has 7 nitrogen and oxygen atoms in total. The molecule has 0 bridgehead atoms. The number of nitrogens with one attached hydrogen (secondary N) is 1. The smallest absolute Gasteiger partial charge is 0.304 e. The average molecular weight is 541 g/mol. The molecule has 2 fully saturated rings. The number of halogens is 3. The van der Waals surface area contributed by atoms with Gasteiger partial charge in [0.25, 0.3) is 0 Å². The molecule has 0 amide bonds. The van der Waals surface area contributed by atoms with E-state index < -0.39 is 5.97 Å². The number of rotatable bonds is 8. The lowest BCUT2D eigenvalue weighted by Crippen LogP contribution is -2.43. The van der Waals surface area contributed by atoms with Gasteiger partial charge in [-0.1, -0.05) is 40.9 Å². The topological polar surface area (TPSA) is 81.6 Å². The first-order chi connectivity index (χ1) is 16.8. The van der Waals surface area contributed by atoms with E-state index in [1.165, 1.54) is 6.42 Å². The Hall–Kier alpha value is -1.80. The number of carbonyl (C=O) groups is 1. The molecule has 2 saturated heterocycles. The first-order valence-electron chi connectivity index (χ1n) is 12.2. The molecule has 1 aromatic carbocycles. The van der Waals surface area contributed by atoms with Crippen molar-refractivity contribution in [2.24, 2.45) is 11.8 Å². The fourth-order valence-corrected chi connectivity index (χ4v) is 5.97. The molecular weight excluding hydrogens is 509 g/mol. The summed E-state index contributed by atoms with van der Waals surface area (Å²) in [4.78, 5) is 24.7. The third kappa shape index (κ3) is 6.91. The van der Waals surface area contributed by atoms with Crippen molar-refractivity contribution < 1.29 is 9.90 Å². The van der Waals surface area contributed by atoms with E-state index >= 15 is 0 Å². The predicted octanol–water partition coefficient (Wildman–Crippen LogP) is 6.01. The van der Waals surface area contributed by atoms with Gasteiger partial charge in [-0.2, -0.15) is 4.98 Å². The van der Waals surface area contributed by atoms with Gasteiger partial charge in [-0.3, -0.25) is 4.79 Å². The molecule has 1 aromatic heterocycles. The molecule has 0 saturated carbocycles. The van der Waals surface area contributed by atoms with Crippen LogP contribution in [0.3, 0.4) is 0 Å². The molecule has 3 heterocycles. The second-order valence-electron chi connectivity index (χ2n) is 9.57. The van der Waals surface area contributed by atoms with Gasteiger partial charge in [0.1, 0.15) is 5.02 Å². The molecule has 1 unspecified atom stereocenters. The average Bonchev–Trinajstić information content (AvgIpc) is 2.84. The van der Waals surface area contributed by atoms with Gasteiger partial charge < -0.3 is 20.2 Å². The van der Waals surface area contributed by atoms with Crippen LogP contribution in [0.5, 0.6) is 0 Å². The van der Waals surface area contributed by atoms with E-state index in [0.717, 1.165) is 51.0 Å². The number of likely N-dealkylation sites (tertiary alicyclic amines) is 1. The molecule has 2 aromatic rings. The Morgan fingerprint density at radius 2 is 1.91 bits per heavy atom. The summed E-state index contributed by atoms with van der Waals surface area (Å²) in [5, 5.41) is 14.0. The zero-order chi connectivity index (χ0) is 24.9. The SMILES string of the molecule is C[C@@H](Nc1nc(N2CCC(C3CCCN(CCC(=O)O)C3)CC2)ncc1Cl)c1ccc(Cl)cc1Cl. The van der Waals surface area contributed by atoms with Gasteiger partial charge >= 0.3 is 5.97 Å². The van der Waals surface area contributed by atoms with Crippen LogP contribution in [0.4, 0.5) is 11.8 Å². The first-order valence-corrected chi connectivity index (χ1v) is 13.4. The number of carboxylic acid groups (broad SMARTS) is 1. The highest BCUT2D eigenvalue weighted by Gasteiger charge is 2.31. The number of aromatic nitrogens is 2. The maximum Gasteiger partial charge on any atom is 0.304 e. The number of benzene rings is 1. The first kappa shape index (κ1) is 26.3. The van der Waals surface area contributed by atoms with Crippen LogP contribution in [0.1, 0.15) is 50.6 Å². The number of aliphatic carboxylic acids is 1. The van der Waals surface area contributed by atoms with E-state index in [1.807, 2.05) is 19.1 Å². The van der Waals surface area contributed by atoms with Crippen LogP contribution in [0.15, 0.2) is 24.4 Å². The van der Waals surface area contributed by atoms with Gasteiger partial charge in [0.15, 0.2) is 5.82 Å². The van der Waals surface area contributed by atoms with Crippen LogP contribution in [0, 0.1) is 11.8 Å². The molecule has 0 spiro atoms. The Labute approximate surface area is 221 Å². The van der Waals surface area contributed by atoms with Crippen LogP contribution in [-0.4, -0.2) is 58.7 Å². The number of hydrogen-bond acceptors (Lipinski definition) is 6. The van der Waals surface area contributed by atoms with Crippen LogP contribution < -0.4 is 10.2 Å². The molecule has 190 valence electrons. The minimum absolute atomic E-state index is 0.110. The zero-order valence-electron chi connectivity index (χ0n) is 19.9. The zero-order valence-corrected chi connectivity index (χ0v) is 22.2. The van der Waals surface area contributed by atoms with E-state index in [9.17, 15) is 4.79 Å². The predicted molar refractivity (Wildman–Crippen MR) is 142 cm³/mol. The Morgan fingerprint density at radius 3 is 2.63 bits per heavy atom. The van der Waals surface area contributed by atoms with Gasteiger partial charge in [-0.05, 0) is 68.7 Å². The van der Waals surface area contributed by atoms with E-state index in [4.69, 9.17) is 44.9 Å². The quantitative estimate of drug-likeness (QED) is 0.424. The fourth-order valence-electron chi connectivity index (χ4n) is 5.25. The van der Waals surface area contributed by atoms with Crippen molar-refractivity contribution in [2.45, 2.75) is 45.1 Å². The summed E-state index contributed by atoms with van der Waals surface area (Å²) in [6.07, 6.45) is 6.42. The molecular formula is C25H32Cl3N5O2. The Bertz CT molecular complexity index is 1030. The second-order valence-corrected chi connectivity index (χ2v) is 10.8. The number of nitrogens with zero attached hydrogens (tertiary/aromatic N) is 4. The van der Waals surface area contributed by atoms with E-state index in [1.54, 1.807) is 12.3 Å². The largest absolute Gasteiger partial charge is 0.481 e. The van der Waals surface area contributed by atoms with Crippen LogP contribution >= 0.6 is 34.8 Å². The molecule has 2 atom stereocenters. The number of carboxylic acids is 1. The van der Waals surface area contributed by atoms with E-state index in [0.29, 0.717) is 45.2 Å². The molecule has 35 heavy (non-hydrogen) atoms. The fraction of sp³-hybridized carbons (Fsp3) is 0.560. The van der Waals surface area contributed by atoms with Crippen molar-refractivity contribution >= 4 is 52.5 Å². The van der Waals surface area contributed by atoms with Crippen molar-refractivity contribution in [2.75, 3.05) is 42.9 Å². The third-order valence-electron chi connectivity index (χ3n) is 7.19. The molecule has 0 aliphatic carbocycles. The summed E-state index contributed by atoms with van der Waals surface area (Å²) in [5.41, 5.74) is 0.915. The monoisotopic (exact) mass is 539 g/mol. The van der Waals surface area contributed by atoms with Gasteiger partial charge in [-0.15, -0.1) is 0 Å². The van der Waals surface area contributed by atoms with Gasteiger partial charge in [0.05, 0.1) is 18.7 Å². The maximum absolute atomic E-state index is 10.9. The summed E-state index contributed by atoms with van der Waals surface area (Å²) < 4.78 is 0.